The number of hydrogen-bond acceptors (Lipinski definition) is 3. The molecule has 0 aliphatic rings. The molecule has 0 fully saturated rings. The summed E-state index contributed by atoms with van der Waals surface area (Å²) in [6, 6.07) is 7.78. The van der Waals surface area contributed by atoms with Gasteiger partial charge in [0.05, 0.1) is 13.2 Å². The summed E-state index contributed by atoms with van der Waals surface area (Å²) < 4.78 is 10.8. The van der Waals surface area contributed by atoms with Crippen LogP contribution in [0.3, 0.4) is 0 Å². The average molecular weight is 262 g/mol. The number of allylic oxidation sites excluding steroid dienone is 1. The van der Waals surface area contributed by atoms with Gasteiger partial charge in [-0.15, -0.1) is 0 Å². The van der Waals surface area contributed by atoms with Crippen LogP contribution in [-0.2, 0) is 9.53 Å². The Labute approximate surface area is 115 Å². The first kappa shape index (κ1) is 15.4. The van der Waals surface area contributed by atoms with Crippen molar-refractivity contribution in [1.29, 1.82) is 0 Å². The van der Waals surface area contributed by atoms with Crippen LogP contribution in [0.4, 0.5) is 0 Å². The molecule has 0 aromatic heterocycles. The number of hydrogen-bond donors (Lipinski definition) is 0. The third-order valence-corrected chi connectivity index (χ3v) is 3.08. The van der Waals surface area contributed by atoms with Crippen molar-refractivity contribution in [2.75, 3.05) is 14.2 Å². The SMILES string of the molecule is COc1ccc(C(OC)C(C)(C)/C=C/C(C)=O)cc1. The molecule has 1 atom stereocenters. The summed E-state index contributed by atoms with van der Waals surface area (Å²) in [7, 11) is 3.32. The second-order valence-electron chi connectivity index (χ2n) is 5.15. The minimum Gasteiger partial charge on any atom is -0.497 e. The Bertz CT molecular complexity index is 444. The number of rotatable bonds is 6. The lowest BCUT2D eigenvalue weighted by Gasteiger charge is -2.31. The number of ether oxygens (including phenoxy) is 2. The van der Waals surface area contributed by atoms with Gasteiger partial charge in [-0.3, -0.25) is 4.79 Å². The Kier molecular flexibility index (Phi) is 5.31. The van der Waals surface area contributed by atoms with Crippen molar-refractivity contribution in [3.05, 3.63) is 42.0 Å². The minimum atomic E-state index is -0.269. The molecule has 3 heteroatoms. The largest absolute Gasteiger partial charge is 0.497 e. The highest BCUT2D eigenvalue weighted by Crippen LogP contribution is 2.37. The zero-order valence-electron chi connectivity index (χ0n) is 12.3. The maximum Gasteiger partial charge on any atom is 0.152 e. The lowest BCUT2D eigenvalue weighted by molar-refractivity contribution is -0.112. The summed E-state index contributed by atoms with van der Waals surface area (Å²) in [4.78, 5) is 11.1. The molecule has 104 valence electrons. The lowest BCUT2D eigenvalue weighted by atomic mass is 9.82. The van der Waals surface area contributed by atoms with E-state index < -0.39 is 0 Å². The molecule has 1 rings (SSSR count). The molecule has 0 N–H and O–H groups in total. The van der Waals surface area contributed by atoms with E-state index in [-0.39, 0.29) is 17.3 Å². The van der Waals surface area contributed by atoms with Gasteiger partial charge in [0, 0.05) is 12.5 Å². The van der Waals surface area contributed by atoms with E-state index in [0.717, 1.165) is 11.3 Å². The number of carbonyl (C=O) groups is 1. The Morgan fingerprint density at radius 1 is 1.21 bits per heavy atom. The summed E-state index contributed by atoms with van der Waals surface area (Å²) in [5.41, 5.74) is 0.788. The van der Waals surface area contributed by atoms with Crippen molar-refractivity contribution in [3.63, 3.8) is 0 Å². The van der Waals surface area contributed by atoms with Gasteiger partial charge in [-0.1, -0.05) is 32.1 Å². The van der Waals surface area contributed by atoms with Crippen molar-refractivity contribution < 1.29 is 14.3 Å². The van der Waals surface area contributed by atoms with E-state index in [1.165, 1.54) is 0 Å². The van der Waals surface area contributed by atoms with Gasteiger partial charge in [-0.2, -0.15) is 0 Å². The van der Waals surface area contributed by atoms with Crippen molar-refractivity contribution >= 4 is 5.78 Å². The van der Waals surface area contributed by atoms with Gasteiger partial charge < -0.3 is 9.47 Å². The van der Waals surface area contributed by atoms with E-state index in [2.05, 4.69) is 0 Å². The van der Waals surface area contributed by atoms with Crippen molar-refractivity contribution in [3.8, 4) is 5.75 Å². The third kappa shape index (κ3) is 4.21. The van der Waals surface area contributed by atoms with Gasteiger partial charge in [0.15, 0.2) is 5.78 Å². The summed E-state index contributed by atoms with van der Waals surface area (Å²) >= 11 is 0. The number of methoxy groups -OCH3 is 2. The highest BCUT2D eigenvalue weighted by Gasteiger charge is 2.28. The number of benzene rings is 1. The van der Waals surface area contributed by atoms with Crippen LogP contribution >= 0.6 is 0 Å². The van der Waals surface area contributed by atoms with Crippen LogP contribution in [-0.4, -0.2) is 20.0 Å². The summed E-state index contributed by atoms with van der Waals surface area (Å²) in [6.45, 7) is 5.64. The smallest absolute Gasteiger partial charge is 0.152 e. The second kappa shape index (κ2) is 6.53. The van der Waals surface area contributed by atoms with Crippen LogP contribution in [0.15, 0.2) is 36.4 Å². The molecule has 0 spiro atoms. The fraction of sp³-hybridized carbons (Fsp3) is 0.438. The summed E-state index contributed by atoms with van der Waals surface area (Å²) in [5.74, 6) is 0.855. The van der Waals surface area contributed by atoms with Crippen molar-refractivity contribution in [2.24, 2.45) is 5.41 Å². The molecule has 19 heavy (non-hydrogen) atoms. The zero-order chi connectivity index (χ0) is 14.5. The van der Waals surface area contributed by atoms with E-state index in [1.54, 1.807) is 27.2 Å². The monoisotopic (exact) mass is 262 g/mol. The third-order valence-electron chi connectivity index (χ3n) is 3.08. The van der Waals surface area contributed by atoms with Gasteiger partial charge in [-0.25, -0.2) is 0 Å². The molecule has 1 aromatic rings. The van der Waals surface area contributed by atoms with Crippen LogP contribution in [0.25, 0.3) is 0 Å². The molecule has 0 aliphatic heterocycles. The molecule has 1 aromatic carbocycles. The van der Waals surface area contributed by atoms with Gasteiger partial charge in [0.2, 0.25) is 0 Å². The first-order valence-corrected chi connectivity index (χ1v) is 6.27. The second-order valence-corrected chi connectivity index (χ2v) is 5.15. The maximum absolute atomic E-state index is 11.1. The minimum absolute atomic E-state index is 0.0395. The first-order chi connectivity index (χ1) is 8.90. The molecule has 1 unspecified atom stereocenters. The summed E-state index contributed by atoms with van der Waals surface area (Å²) in [6.07, 6.45) is 3.37. The summed E-state index contributed by atoms with van der Waals surface area (Å²) in [5, 5.41) is 0. The number of carbonyl (C=O) groups excluding carboxylic acids is 1. The molecular weight excluding hydrogens is 240 g/mol. The van der Waals surface area contributed by atoms with Gasteiger partial charge >= 0.3 is 0 Å². The predicted octanol–water partition coefficient (Wildman–Crippen LogP) is 3.55. The van der Waals surface area contributed by atoms with E-state index in [9.17, 15) is 4.79 Å². The number of ketones is 1. The Balaban J connectivity index is 3.00. The maximum atomic E-state index is 11.1. The molecule has 0 aliphatic carbocycles. The average Bonchev–Trinajstić information content (AvgIpc) is 2.38. The van der Waals surface area contributed by atoms with Crippen LogP contribution in [0.2, 0.25) is 0 Å². The normalized spacial score (nSPS) is 13.5. The standard InChI is InChI=1S/C16H22O3/c1-12(17)10-11-16(2,3)15(19-5)13-6-8-14(18-4)9-7-13/h6-11,15H,1-5H3/b11-10+. The van der Waals surface area contributed by atoms with Gasteiger partial charge in [0.25, 0.3) is 0 Å². The predicted molar refractivity (Wildman–Crippen MR) is 76.3 cm³/mol. The van der Waals surface area contributed by atoms with Gasteiger partial charge in [-0.05, 0) is 30.7 Å². The first-order valence-electron chi connectivity index (χ1n) is 6.27. The molecule has 0 saturated heterocycles. The molecule has 0 amide bonds. The topological polar surface area (TPSA) is 35.5 Å². The zero-order valence-corrected chi connectivity index (χ0v) is 12.3. The van der Waals surface area contributed by atoms with Crippen molar-refractivity contribution in [1.82, 2.24) is 0 Å². The Morgan fingerprint density at radius 2 is 1.79 bits per heavy atom. The molecule has 0 bridgehead atoms. The Hall–Kier alpha value is -1.61. The van der Waals surface area contributed by atoms with E-state index in [0.29, 0.717) is 0 Å². The lowest BCUT2D eigenvalue weighted by Crippen LogP contribution is -2.21. The molecule has 0 saturated carbocycles. The van der Waals surface area contributed by atoms with E-state index in [4.69, 9.17) is 9.47 Å². The highest BCUT2D eigenvalue weighted by atomic mass is 16.5. The Morgan fingerprint density at radius 3 is 2.21 bits per heavy atom. The fourth-order valence-electron chi connectivity index (χ4n) is 2.07. The molecular formula is C16H22O3. The van der Waals surface area contributed by atoms with Crippen LogP contribution in [0, 0.1) is 5.41 Å². The van der Waals surface area contributed by atoms with E-state index >= 15 is 0 Å². The highest BCUT2D eigenvalue weighted by molar-refractivity contribution is 5.87. The quantitative estimate of drug-likeness (QED) is 0.735. The fourth-order valence-corrected chi connectivity index (χ4v) is 2.07. The molecule has 3 nitrogen and oxygen atoms in total. The van der Waals surface area contributed by atoms with Crippen LogP contribution < -0.4 is 4.74 Å². The van der Waals surface area contributed by atoms with Crippen LogP contribution in [0.5, 0.6) is 5.75 Å². The van der Waals surface area contributed by atoms with Crippen molar-refractivity contribution in [2.45, 2.75) is 26.9 Å². The molecule has 0 heterocycles. The molecule has 0 radical (unpaired) electrons. The van der Waals surface area contributed by atoms with E-state index in [1.807, 2.05) is 44.2 Å². The van der Waals surface area contributed by atoms with Gasteiger partial charge in [0.1, 0.15) is 5.75 Å². The van der Waals surface area contributed by atoms with Crippen LogP contribution in [0.1, 0.15) is 32.4 Å².